The topological polar surface area (TPSA) is 37.4 Å². The molecule has 5 heteroatoms. The van der Waals surface area contributed by atoms with Gasteiger partial charge in [-0.15, -0.1) is 0 Å². The summed E-state index contributed by atoms with van der Waals surface area (Å²) in [6.07, 6.45) is 4.89. The van der Waals surface area contributed by atoms with Crippen molar-refractivity contribution in [3.05, 3.63) is 40.0 Å². The van der Waals surface area contributed by atoms with Gasteiger partial charge in [0.25, 0.3) is 0 Å². The summed E-state index contributed by atoms with van der Waals surface area (Å²) < 4.78 is 25.7. The second-order valence-corrected chi connectivity index (χ2v) is 6.38. The van der Waals surface area contributed by atoms with E-state index in [4.69, 9.17) is 0 Å². The predicted molar refractivity (Wildman–Crippen MR) is 76.2 cm³/mol. The zero-order chi connectivity index (χ0) is 12.2. The highest BCUT2D eigenvalue weighted by Crippen LogP contribution is 2.23. The van der Waals surface area contributed by atoms with Crippen molar-refractivity contribution in [2.45, 2.75) is 6.92 Å². The molecule has 3 nitrogen and oxygen atoms in total. The predicted octanol–water partition coefficient (Wildman–Crippen LogP) is 2.63. The Morgan fingerprint density at radius 2 is 2.00 bits per heavy atom. The van der Waals surface area contributed by atoms with Crippen molar-refractivity contribution < 1.29 is 8.42 Å². The van der Waals surface area contributed by atoms with Gasteiger partial charge in [0.05, 0.1) is 18.5 Å². The van der Waals surface area contributed by atoms with Gasteiger partial charge in [-0.25, -0.2) is 8.42 Å². The maximum atomic E-state index is 11.7. The molecule has 0 aliphatic carbocycles. The average molecular weight is 351 g/mol. The van der Waals surface area contributed by atoms with E-state index in [1.807, 2.05) is 43.3 Å². The molecule has 0 aliphatic rings. The van der Waals surface area contributed by atoms with Crippen LogP contribution < -0.4 is 4.31 Å². The molecule has 0 fully saturated rings. The van der Waals surface area contributed by atoms with E-state index < -0.39 is 10.0 Å². The Kier molecular flexibility index (Phi) is 4.79. The SMILES string of the molecule is CC=CCN(c1ccccc1I)S(C)(=O)=O. The van der Waals surface area contributed by atoms with Crippen LogP contribution in [0.1, 0.15) is 6.92 Å². The molecule has 1 rings (SSSR count). The minimum atomic E-state index is -3.24. The highest BCUT2D eigenvalue weighted by atomic mass is 127. The van der Waals surface area contributed by atoms with E-state index in [0.29, 0.717) is 6.54 Å². The van der Waals surface area contributed by atoms with Gasteiger partial charge in [-0.05, 0) is 41.6 Å². The van der Waals surface area contributed by atoms with Gasteiger partial charge in [0, 0.05) is 3.57 Å². The zero-order valence-corrected chi connectivity index (χ0v) is 12.2. The first kappa shape index (κ1) is 13.5. The van der Waals surface area contributed by atoms with Gasteiger partial charge in [0.1, 0.15) is 0 Å². The number of allylic oxidation sites excluding steroid dienone is 1. The van der Waals surface area contributed by atoms with Crippen molar-refractivity contribution in [2.24, 2.45) is 0 Å². The van der Waals surface area contributed by atoms with E-state index in [-0.39, 0.29) is 0 Å². The Labute approximate surface area is 110 Å². The van der Waals surface area contributed by atoms with Crippen molar-refractivity contribution in [1.82, 2.24) is 0 Å². The third kappa shape index (κ3) is 3.48. The van der Waals surface area contributed by atoms with E-state index in [1.165, 1.54) is 10.6 Å². The summed E-state index contributed by atoms with van der Waals surface area (Å²) >= 11 is 2.14. The minimum Gasteiger partial charge on any atom is -0.266 e. The number of rotatable bonds is 4. The summed E-state index contributed by atoms with van der Waals surface area (Å²) in [5, 5.41) is 0. The molecule has 88 valence electrons. The first-order valence-corrected chi connectivity index (χ1v) is 7.73. The minimum absolute atomic E-state index is 0.370. The van der Waals surface area contributed by atoms with Crippen molar-refractivity contribution in [3.63, 3.8) is 0 Å². The van der Waals surface area contributed by atoms with Gasteiger partial charge in [-0.2, -0.15) is 0 Å². The molecule has 0 saturated heterocycles. The molecule has 0 radical (unpaired) electrons. The van der Waals surface area contributed by atoms with Gasteiger partial charge in [0.2, 0.25) is 10.0 Å². The zero-order valence-electron chi connectivity index (χ0n) is 9.22. The van der Waals surface area contributed by atoms with E-state index in [2.05, 4.69) is 22.6 Å². The van der Waals surface area contributed by atoms with Crippen LogP contribution in [0, 0.1) is 3.57 Å². The molecule has 0 aromatic heterocycles. The fourth-order valence-electron chi connectivity index (χ4n) is 1.27. The smallest absolute Gasteiger partial charge is 0.232 e. The number of nitrogens with zero attached hydrogens (tertiary/aromatic N) is 1. The molecule has 0 atom stereocenters. The summed E-state index contributed by atoms with van der Waals surface area (Å²) in [5.41, 5.74) is 0.726. The Balaban J connectivity index is 3.17. The largest absolute Gasteiger partial charge is 0.266 e. The lowest BCUT2D eigenvalue weighted by Crippen LogP contribution is -2.30. The number of anilines is 1. The number of benzene rings is 1. The molecule has 0 saturated carbocycles. The Hall–Kier alpha value is -0.560. The second-order valence-electron chi connectivity index (χ2n) is 3.31. The van der Waals surface area contributed by atoms with Crippen LogP contribution in [0.3, 0.4) is 0 Å². The third-order valence-electron chi connectivity index (χ3n) is 2.03. The first-order valence-electron chi connectivity index (χ1n) is 4.80. The van der Waals surface area contributed by atoms with Crippen molar-refractivity contribution in [1.29, 1.82) is 0 Å². The molecule has 0 spiro atoms. The van der Waals surface area contributed by atoms with E-state index in [9.17, 15) is 8.42 Å². The van der Waals surface area contributed by atoms with Gasteiger partial charge >= 0.3 is 0 Å². The number of sulfonamides is 1. The maximum Gasteiger partial charge on any atom is 0.232 e. The van der Waals surface area contributed by atoms with Gasteiger partial charge in [-0.1, -0.05) is 24.3 Å². The van der Waals surface area contributed by atoms with Gasteiger partial charge in [0.15, 0.2) is 0 Å². The van der Waals surface area contributed by atoms with Crippen LogP contribution in [0.15, 0.2) is 36.4 Å². The van der Waals surface area contributed by atoms with E-state index >= 15 is 0 Å². The number of hydrogen-bond donors (Lipinski definition) is 0. The van der Waals surface area contributed by atoms with Crippen molar-refractivity contribution in [2.75, 3.05) is 17.1 Å². The number of para-hydroxylation sites is 1. The molecule has 1 aromatic rings. The van der Waals surface area contributed by atoms with Crippen LogP contribution in [-0.2, 0) is 10.0 Å². The standard InChI is InChI=1S/C11H14INO2S/c1-3-4-9-13(16(2,14)15)11-8-6-5-7-10(11)12/h3-8H,9H2,1-2H3. The van der Waals surface area contributed by atoms with Crippen LogP contribution in [0.4, 0.5) is 5.69 Å². The average Bonchev–Trinajstić information content (AvgIpc) is 2.19. The molecule has 0 bridgehead atoms. The van der Waals surface area contributed by atoms with Crippen LogP contribution in [0.5, 0.6) is 0 Å². The highest BCUT2D eigenvalue weighted by molar-refractivity contribution is 14.1. The number of hydrogen-bond acceptors (Lipinski definition) is 2. The highest BCUT2D eigenvalue weighted by Gasteiger charge is 2.17. The lowest BCUT2D eigenvalue weighted by Gasteiger charge is -2.21. The first-order chi connectivity index (χ1) is 7.46. The molecule has 1 aromatic carbocycles. The third-order valence-corrected chi connectivity index (χ3v) is 4.09. The fraction of sp³-hybridized carbons (Fsp3) is 0.273. The van der Waals surface area contributed by atoms with Crippen LogP contribution in [0.25, 0.3) is 0 Å². The Morgan fingerprint density at radius 1 is 1.38 bits per heavy atom. The van der Waals surface area contributed by atoms with E-state index in [0.717, 1.165) is 9.26 Å². The second kappa shape index (κ2) is 5.67. The van der Waals surface area contributed by atoms with Gasteiger partial charge in [-0.3, -0.25) is 4.31 Å². The Morgan fingerprint density at radius 3 is 2.50 bits per heavy atom. The number of halogens is 1. The van der Waals surface area contributed by atoms with Crippen molar-refractivity contribution >= 4 is 38.3 Å². The molecule has 16 heavy (non-hydrogen) atoms. The molecule has 0 N–H and O–H groups in total. The van der Waals surface area contributed by atoms with E-state index in [1.54, 1.807) is 0 Å². The summed E-state index contributed by atoms with van der Waals surface area (Å²) in [4.78, 5) is 0. The summed E-state index contributed by atoms with van der Waals surface area (Å²) in [6.45, 7) is 2.24. The quantitative estimate of drug-likeness (QED) is 0.618. The fourth-order valence-corrected chi connectivity index (χ4v) is 2.98. The molecule has 0 unspecified atom stereocenters. The van der Waals surface area contributed by atoms with Crippen LogP contribution in [0.2, 0.25) is 0 Å². The molecule has 0 amide bonds. The summed E-state index contributed by atoms with van der Waals surface area (Å²) in [7, 11) is -3.24. The monoisotopic (exact) mass is 351 g/mol. The maximum absolute atomic E-state index is 11.7. The molecule has 0 aliphatic heterocycles. The molecule has 0 heterocycles. The summed E-state index contributed by atoms with van der Waals surface area (Å²) in [5.74, 6) is 0. The van der Waals surface area contributed by atoms with Crippen molar-refractivity contribution in [3.8, 4) is 0 Å². The molecular weight excluding hydrogens is 337 g/mol. The summed E-state index contributed by atoms with van der Waals surface area (Å²) in [6, 6.07) is 7.43. The van der Waals surface area contributed by atoms with Crippen LogP contribution >= 0.6 is 22.6 Å². The van der Waals surface area contributed by atoms with Gasteiger partial charge < -0.3 is 0 Å². The normalized spacial score (nSPS) is 11.9. The lowest BCUT2D eigenvalue weighted by atomic mass is 10.3. The Bertz CT molecular complexity index is 483. The molecular formula is C11H14INO2S. The van der Waals surface area contributed by atoms with Crippen LogP contribution in [-0.4, -0.2) is 21.2 Å². The lowest BCUT2D eigenvalue weighted by molar-refractivity contribution is 0.598.